The van der Waals surface area contributed by atoms with E-state index in [1.165, 1.54) is 27.8 Å². The topological polar surface area (TPSA) is 0 Å². The van der Waals surface area contributed by atoms with Gasteiger partial charge in [-0.15, -0.1) is 0 Å². The van der Waals surface area contributed by atoms with E-state index >= 15 is 0 Å². The molecule has 2 bridgehead atoms. The van der Waals surface area contributed by atoms with Crippen molar-refractivity contribution in [3.63, 3.8) is 0 Å². The highest BCUT2D eigenvalue weighted by molar-refractivity contribution is 5.78. The summed E-state index contributed by atoms with van der Waals surface area (Å²) >= 11 is 0. The molecule has 5 rings (SSSR count). The van der Waals surface area contributed by atoms with Gasteiger partial charge in [0, 0.05) is 0 Å². The van der Waals surface area contributed by atoms with Crippen LogP contribution in [-0.2, 0) is 16.2 Å². The van der Waals surface area contributed by atoms with Gasteiger partial charge < -0.3 is 0 Å². The van der Waals surface area contributed by atoms with Crippen LogP contribution < -0.4 is 0 Å². The first-order valence-electron chi connectivity index (χ1n) is 11.9. The highest BCUT2D eigenvalue weighted by Gasteiger charge is 2.59. The lowest BCUT2D eigenvalue weighted by Crippen LogP contribution is -2.43. The van der Waals surface area contributed by atoms with E-state index in [0.29, 0.717) is 5.92 Å². The second-order valence-electron chi connectivity index (χ2n) is 12.8. The van der Waals surface area contributed by atoms with Crippen LogP contribution in [0.15, 0.2) is 71.3 Å². The van der Waals surface area contributed by atoms with Crippen LogP contribution in [0.2, 0.25) is 0 Å². The summed E-state index contributed by atoms with van der Waals surface area (Å²) in [6.45, 7) is 23.2. The first kappa shape index (κ1) is 22.1. The quantitative estimate of drug-likeness (QED) is 0.464. The van der Waals surface area contributed by atoms with Crippen molar-refractivity contribution in [2.24, 2.45) is 11.3 Å². The molecule has 0 saturated carbocycles. The van der Waals surface area contributed by atoms with Crippen LogP contribution in [0.5, 0.6) is 0 Å². The smallest absolute Gasteiger partial charge is 0.0673 e. The fourth-order valence-corrected chi connectivity index (χ4v) is 5.75. The van der Waals surface area contributed by atoms with Gasteiger partial charge in [-0.2, -0.15) is 0 Å². The molecular weight excluding hydrogens is 372 g/mol. The lowest BCUT2D eigenvalue weighted by atomic mass is 9.51. The van der Waals surface area contributed by atoms with Crippen LogP contribution in [0.1, 0.15) is 91.5 Å². The lowest BCUT2D eigenvalue weighted by Gasteiger charge is -2.50. The number of fused-ring (bicyclic) bond motifs is 1. The van der Waals surface area contributed by atoms with Gasteiger partial charge in [0.1, 0.15) is 0 Å². The molecule has 164 valence electrons. The zero-order chi connectivity index (χ0) is 23.0. The molecule has 0 aliphatic heterocycles. The van der Waals surface area contributed by atoms with Gasteiger partial charge >= 0.3 is 0 Å². The Morgan fingerprint density at radius 3 is 1.23 bits per heavy atom. The number of allylic oxidation sites excluding steroid dienone is 4. The van der Waals surface area contributed by atoms with Crippen molar-refractivity contribution in [3.05, 3.63) is 93.6 Å². The van der Waals surface area contributed by atoms with Gasteiger partial charge in [-0.1, -0.05) is 124 Å². The van der Waals surface area contributed by atoms with E-state index in [4.69, 9.17) is 0 Å². The average molecular weight is 413 g/mol. The molecule has 1 unspecified atom stereocenters. The number of rotatable bonds is 2. The van der Waals surface area contributed by atoms with E-state index in [-0.39, 0.29) is 21.7 Å². The van der Waals surface area contributed by atoms with E-state index in [1.807, 2.05) is 0 Å². The molecule has 3 aliphatic rings. The summed E-state index contributed by atoms with van der Waals surface area (Å²) in [5.74, 6) is 0.494. The van der Waals surface area contributed by atoms with Gasteiger partial charge in [0.05, 0.1) is 5.41 Å². The minimum absolute atomic E-state index is 0.0884. The van der Waals surface area contributed by atoms with Crippen LogP contribution in [-0.4, -0.2) is 0 Å². The number of hydrogen-bond acceptors (Lipinski definition) is 0. The third kappa shape index (κ3) is 3.25. The first-order chi connectivity index (χ1) is 14.2. The Morgan fingerprint density at radius 2 is 0.968 bits per heavy atom. The fourth-order valence-electron chi connectivity index (χ4n) is 5.75. The summed E-state index contributed by atoms with van der Waals surface area (Å²) in [6, 6.07) is 19.0. The summed E-state index contributed by atoms with van der Waals surface area (Å²) < 4.78 is 0. The van der Waals surface area contributed by atoms with Gasteiger partial charge in [0.25, 0.3) is 0 Å². The second-order valence-corrected chi connectivity index (χ2v) is 12.8. The zero-order valence-corrected chi connectivity index (χ0v) is 21.3. The van der Waals surface area contributed by atoms with Gasteiger partial charge in [-0.05, 0) is 61.1 Å². The molecule has 1 atom stereocenters. The van der Waals surface area contributed by atoms with Crippen molar-refractivity contribution in [1.82, 2.24) is 0 Å². The van der Waals surface area contributed by atoms with Crippen molar-refractivity contribution in [1.29, 1.82) is 0 Å². The van der Waals surface area contributed by atoms with Crippen LogP contribution >= 0.6 is 0 Å². The summed E-state index contributed by atoms with van der Waals surface area (Å²) in [6.07, 6.45) is 2.53. The summed E-state index contributed by atoms with van der Waals surface area (Å²) in [5.41, 5.74) is 10.8. The molecule has 0 heteroatoms. The predicted octanol–water partition coefficient (Wildman–Crippen LogP) is 8.50. The molecule has 3 aliphatic carbocycles. The van der Waals surface area contributed by atoms with Crippen LogP contribution in [0.4, 0.5) is 0 Å². The minimum atomic E-state index is -0.0884. The number of benzene rings is 2. The van der Waals surface area contributed by atoms with E-state index in [9.17, 15) is 0 Å². The Bertz CT molecular complexity index is 992. The molecule has 2 aromatic carbocycles. The van der Waals surface area contributed by atoms with Gasteiger partial charge in [-0.3, -0.25) is 0 Å². The van der Waals surface area contributed by atoms with Crippen molar-refractivity contribution >= 4 is 0 Å². The maximum absolute atomic E-state index is 2.53. The fraction of sp³-hybridized carbons (Fsp3) is 0.484. The summed E-state index contributed by atoms with van der Waals surface area (Å²) in [7, 11) is 0. The zero-order valence-electron chi connectivity index (χ0n) is 21.3. The molecule has 0 N–H and O–H groups in total. The Hall–Kier alpha value is -2.08. The average Bonchev–Trinajstić information content (AvgIpc) is 3.14. The molecule has 0 amide bonds. The van der Waals surface area contributed by atoms with E-state index in [1.54, 1.807) is 11.1 Å². The van der Waals surface area contributed by atoms with Crippen LogP contribution in [0.3, 0.4) is 0 Å². The van der Waals surface area contributed by atoms with E-state index in [2.05, 4.69) is 124 Å². The molecule has 0 saturated heterocycles. The Labute approximate surface area is 190 Å². The minimum Gasteiger partial charge on any atom is -0.0724 e. The van der Waals surface area contributed by atoms with Crippen molar-refractivity contribution in [2.75, 3.05) is 0 Å². The monoisotopic (exact) mass is 412 g/mol. The molecular formula is C31H40. The highest BCUT2D eigenvalue weighted by Crippen LogP contribution is 2.67. The van der Waals surface area contributed by atoms with Gasteiger partial charge in [0.2, 0.25) is 0 Å². The van der Waals surface area contributed by atoms with Crippen molar-refractivity contribution in [2.45, 2.75) is 85.5 Å². The largest absolute Gasteiger partial charge is 0.0724 e. The summed E-state index contributed by atoms with van der Waals surface area (Å²) in [5, 5.41) is 0. The normalized spacial score (nSPS) is 20.6. The third-order valence-corrected chi connectivity index (χ3v) is 7.34. The standard InChI is InChI=1S/C31H40/c1-20-19-25-27(30(8,9)10)26(20)31(25,23-15-11-21(12-16-23)28(2,3)4)24-17-13-22(14-18-24)29(5,6)7/h11-20H,1-10H3. The number of hydrogen-bond donors (Lipinski definition) is 0. The molecule has 0 fully saturated rings. The Kier molecular flexibility index (Phi) is 4.79. The maximum atomic E-state index is 2.53. The molecule has 0 nitrogen and oxygen atoms in total. The molecule has 0 radical (unpaired) electrons. The second kappa shape index (κ2) is 6.71. The Balaban J connectivity index is 1.93. The maximum Gasteiger partial charge on any atom is 0.0673 e. The first-order valence-corrected chi connectivity index (χ1v) is 11.9. The Morgan fingerprint density at radius 1 is 0.581 bits per heavy atom. The van der Waals surface area contributed by atoms with Crippen molar-refractivity contribution in [3.8, 4) is 0 Å². The third-order valence-electron chi connectivity index (χ3n) is 7.34. The van der Waals surface area contributed by atoms with E-state index in [0.717, 1.165) is 0 Å². The molecule has 31 heavy (non-hydrogen) atoms. The molecule has 0 aromatic heterocycles. The van der Waals surface area contributed by atoms with Gasteiger partial charge in [0.15, 0.2) is 0 Å². The van der Waals surface area contributed by atoms with E-state index < -0.39 is 0 Å². The van der Waals surface area contributed by atoms with Crippen molar-refractivity contribution < 1.29 is 0 Å². The molecule has 2 aromatic rings. The summed E-state index contributed by atoms with van der Waals surface area (Å²) in [4.78, 5) is 0. The molecule has 0 spiro atoms. The molecule has 0 heterocycles. The lowest BCUT2D eigenvalue weighted by molar-refractivity contribution is 0.448. The van der Waals surface area contributed by atoms with Crippen LogP contribution in [0.25, 0.3) is 0 Å². The highest BCUT2D eigenvalue weighted by atomic mass is 14.6. The predicted molar refractivity (Wildman–Crippen MR) is 135 cm³/mol. The SMILES string of the molecule is CC1C=C2C(C(C)(C)C)=C1C2(c1ccc(C(C)(C)C)cc1)c1ccc(C(C)(C)C)cc1. The van der Waals surface area contributed by atoms with Crippen LogP contribution in [0, 0.1) is 11.3 Å². The van der Waals surface area contributed by atoms with Gasteiger partial charge in [-0.25, -0.2) is 0 Å².